The van der Waals surface area contributed by atoms with Gasteiger partial charge >= 0.3 is 0 Å². The molecule has 1 aliphatic rings. The summed E-state index contributed by atoms with van der Waals surface area (Å²) in [7, 11) is -3.67. The third-order valence-corrected chi connectivity index (χ3v) is 6.57. The van der Waals surface area contributed by atoms with Crippen molar-refractivity contribution in [1.82, 2.24) is 15.2 Å². The fourth-order valence-electron chi connectivity index (χ4n) is 3.11. The minimum absolute atomic E-state index is 0.0322. The number of piperidine rings is 1. The van der Waals surface area contributed by atoms with Gasteiger partial charge in [0.2, 0.25) is 15.9 Å². The van der Waals surface area contributed by atoms with Gasteiger partial charge in [0.25, 0.3) is 5.91 Å². The molecule has 0 atom stereocenters. The normalized spacial score (nSPS) is 14.9. The number of halogens is 1. The summed E-state index contributed by atoms with van der Waals surface area (Å²) < 4.78 is 40.5. The fraction of sp³-hybridized carbons (Fsp3) is 0.300. The molecule has 0 unspecified atom stereocenters. The van der Waals surface area contributed by atoms with Crippen molar-refractivity contribution in [2.45, 2.75) is 30.6 Å². The molecule has 29 heavy (non-hydrogen) atoms. The Morgan fingerprint density at radius 1 is 0.966 bits per heavy atom. The Hall–Kier alpha value is -2.78. The van der Waals surface area contributed by atoms with E-state index < -0.39 is 27.7 Å². The maximum Gasteiger partial charge on any atom is 0.269 e. The zero-order valence-electron chi connectivity index (χ0n) is 15.7. The lowest BCUT2D eigenvalue weighted by atomic mass is 10.1. The molecule has 0 radical (unpaired) electrons. The molecule has 0 bridgehead atoms. The van der Waals surface area contributed by atoms with Gasteiger partial charge in [0.1, 0.15) is 5.82 Å². The highest BCUT2D eigenvalue weighted by Crippen LogP contribution is 2.21. The molecule has 1 heterocycles. The van der Waals surface area contributed by atoms with Crippen LogP contribution in [0, 0.1) is 5.82 Å². The molecule has 0 saturated carbocycles. The first-order chi connectivity index (χ1) is 13.9. The number of hydrazine groups is 1. The van der Waals surface area contributed by atoms with Crippen LogP contribution in [0.1, 0.15) is 35.2 Å². The molecule has 7 nitrogen and oxygen atoms in total. The predicted octanol–water partition coefficient (Wildman–Crippen LogP) is 2.00. The molecule has 3 rings (SSSR count). The van der Waals surface area contributed by atoms with Gasteiger partial charge in [-0.2, -0.15) is 4.31 Å². The van der Waals surface area contributed by atoms with Gasteiger partial charge in [-0.1, -0.05) is 30.7 Å². The van der Waals surface area contributed by atoms with Crippen molar-refractivity contribution in [2.75, 3.05) is 13.1 Å². The first-order valence-electron chi connectivity index (χ1n) is 9.31. The van der Waals surface area contributed by atoms with E-state index in [9.17, 15) is 22.4 Å². The van der Waals surface area contributed by atoms with Crippen molar-refractivity contribution in [1.29, 1.82) is 0 Å². The maximum atomic E-state index is 13.6. The summed E-state index contributed by atoms with van der Waals surface area (Å²) in [5.41, 5.74) is 4.74. The SMILES string of the molecule is O=C(Cc1ccccc1F)NNC(=O)c1cccc(S(=O)(=O)N2CCCCC2)c1. The van der Waals surface area contributed by atoms with E-state index in [0.717, 1.165) is 19.3 Å². The highest BCUT2D eigenvalue weighted by atomic mass is 32.2. The van der Waals surface area contributed by atoms with Gasteiger partial charge in [0.15, 0.2) is 0 Å². The highest BCUT2D eigenvalue weighted by Gasteiger charge is 2.26. The molecule has 1 saturated heterocycles. The lowest BCUT2D eigenvalue weighted by Gasteiger charge is -2.26. The summed E-state index contributed by atoms with van der Waals surface area (Å²) in [6.07, 6.45) is 2.39. The van der Waals surface area contributed by atoms with Gasteiger partial charge in [0, 0.05) is 18.7 Å². The summed E-state index contributed by atoms with van der Waals surface area (Å²) in [6, 6.07) is 11.5. The van der Waals surface area contributed by atoms with Gasteiger partial charge in [-0.15, -0.1) is 0 Å². The summed E-state index contributed by atoms with van der Waals surface area (Å²) >= 11 is 0. The van der Waals surface area contributed by atoms with Crippen LogP contribution in [-0.4, -0.2) is 37.6 Å². The second kappa shape index (κ2) is 9.15. The van der Waals surface area contributed by atoms with E-state index >= 15 is 0 Å². The molecule has 1 fully saturated rings. The Morgan fingerprint density at radius 2 is 1.69 bits per heavy atom. The lowest BCUT2D eigenvalue weighted by molar-refractivity contribution is -0.121. The smallest absolute Gasteiger partial charge is 0.269 e. The molecule has 0 aliphatic carbocycles. The van der Waals surface area contributed by atoms with E-state index in [1.54, 1.807) is 6.07 Å². The van der Waals surface area contributed by atoms with E-state index in [-0.39, 0.29) is 22.4 Å². The number of hydrogen-bond acceptors (Lipinski definition) is 4. The number of benzene rings is 2. The zero-order chi connectivity index (χ0) is 20.9. The molecule has 1 aliphatic heterocycles. The van der Waals surface area contributed by atoms with Crippen LogP contribution in [0.2, 0.25) is 0 Å². The number of sulfonamides is 1. The van der Waals surface area contributed by atoms with Gasteiger partial charge in [-0.05, 0) is 42.7 Å². The van der Waals surface area contributed by atoms with Crippen LogP contribution >= 0.6 is 0 Å². The van der Waals surface area contributed by atoms with Crippen LogP contribution in [-0.2, 0) is 21.2 Å². The Balaban J connectivity index is 1.63. The number of carbonyl (C=O) groups excluding carboxylic acids is 2. The first kappa shape index (κ1) is 20.9. The molecule has 2 aromatic rings. The Labute approximate surface area is 168 Å². The van der Waals surface area contributed by atoms with Crippen molar-refractivity contribution in [3.63, 3.8) is 0 Å². The van der Waals surface area contributed by atoms with Crippen LogP contribution in [0.15, 0.2) is 53.4 Å². The largest absolute Gasteiger partial charge is 0.273 e. The Bertz CT molecular complexity index is 1000. The molecular weight excluding hydrogens is 397 g/mol. The zero-order valence-corrected chi connectivity index (χ0v) is 16.5. The van der Waals surface area contributed by atoms with Crippen molar-refractivity contribution in [3.8, 4) is 0 Å². The predicted molar refractivity (Wildman–Crippen MR) is 105 cm³/mol. The van der Waals surface area contributed by atoms with E-state index in [4.69, 9.17) is 0 Å². The second-order valence-electron chi connectivity index (χ2n) is 6.76. The average Bonchev–Trinajstić information content (AvgIpc) is 2.74. The second-order valence-corrected chi connectivity index (χ2v) is 8.70. The summed E-state index contributed by atoms with van der Waals surface area (Å²) in [5, 5.41) is 0. The van der Waals surface area contributed by atoms with Crippen LogP contribution < -0.4 is 10.9 Å². The topological polar surface area (TPSA) is 95.6 Å². The third kappa shape index (κ3) is 5.18. The first-order valence-corrected chi connectivity index (χ1v) is 10.7. The fourth-order valence-corrected chi connectivity index (χ4v) is 4.67. The van der Waals surface area contributed by atoms with Crippen LogP contribution in [0.5, 0.6) is 0 Å². The molecule has 0 spiro atoms. The average molecular weight is 419 g/mol. The molecule has 154 valence electrons. The monoisotopic (exact) mass is 419 g/mol. The minimum atomic E-state index is -3.67. The van der Waals surface area contributed by atoms with Crippen LogP contribution in [0.3, 0.4) is 0 Å². The van der Waals surface area contributed by atoms with Gasteiger partial charge < -0.3 is 0 Å². The Morgan fingerprint density at radius 3 is 2.41 bits per heavy atom. The van der Waals surface area contributed by atoms with E-state index in [2.05, 4.69) is 10.9 Å². The number of carbonyl (C=O) groups is 2. The highest BCUT2D eigenvalue weighted by molar-refractivity contribution is 7.89. The van der Waals surface area contributed by atoms with Crippen LogP contribution in [0.4, 0.5) is 4.39 Å². The number of amides is 2. The molecule has 2 aromatic carbocycles. The minimum Gasteiger partial charge on any atom is -0.273 e. The van der Waals surface area contributed by atoms with E-state index in [0.29, 0.717) is 13.1 Å². The Kier molecular flexibility index (Phi) is 6.60. The third-order valence-electron chi connectivity index (χ3n) is 4.67. The quantitative estimate of drug-likeness (QED) is 0.725. The van der Waals surface area contributed by atoms with Crippen molar-refractivity contribution >= 4 is 21.8 Å². The number of rotatable bonds is 5. The van der Waals surface area contributed by atoms with Gasteiger partial charge in [0.05, 0.1) is 11.3 Å². The molecule has 0 aromatic heterocycles. The van der Waals surface area contributed by atoms with Gasteiger partial charge in [-0.25, -0.2) is 12.8 Å². The van der Waals surface area contributed by atoms with E-state index in [1.807, 2.05) is 0 Å². The number of hydrogen-bond donors (Lipinski definition) is 2. The standard InChI is InChI=1S/C20H22FN3O4S/c21-18-10-3-2-7-15(18)14-19(25)22-23-20(26)16-8-6-9-17(13-16)29(27,28)24-11-4-1-5-12-24/h2-3,6-10,13H,1,4-5,11-12,14H2,(H,22,25)(H,23,26). The summed E-state index contributed by atoms with van der Waals surface area (Å²) in [6.45, 7) is 0.926. The molecular formula is C20H22FN3O4S. The number of nitrogens with one attached hydrogen (secondary N) is 2. The van der Waals surface area contributed by atoms with Crippen molar-refractivity contribution < 1.29 is 22.4 Å². The van der Waals surface area contributed by atoms with E-state index in [1.165, 1.54) is 46.8 Å². The number of nitrogens with zero attached hydrogens (tertiary/aromatic N) is 1. The molecule has 2 N–H and O–H groups in total. The lowest BCUT2D eigenvalue weighted by Crippen LogP contribution is -2.42. The molecule has 2 amide bonds. The molecule has 9 heteroatoms. The summed E-state index contributed by atoms with van der Waals surface area (Å²) in [5.74, 6) is -1.77. The van der Waals surface area contributed by atoms with Crippen LogP contribution in [0.25, 0.3) is 0 Å². The maximum absolute atomic E-state index is 13.6. The van der Waals surface area contributed by atoms with Crippen molar-refractivity contribution in [2.24, 2.45) is 0 Å². The van der Waals surface area contributed by atoms with Gasteiger partial charge in [-0.3, -0.25) is 20.4 Å². The summed E-state index contributed by atoms with van der Waals surface area (Å²) in [4.78, 5) is 24.3. The van der Waals surface area contributed by atoms with Crippen molar-refractivity contribution in [3.05, 3.63) is 65.5 Å².